The average Bonchev–Trinajstić information content (AvgIpc) is 3.04. The lowest BCUT2D eigenvalue weighted by atomic mass is 9.75. The van der Waals surface area contributed by atoms with E-state index in [1.807, 2.05) is 15.5 Å². The molecule has 1 fully saturated rings. The summed E-state index contributed by atoms with van der Waals surface area (Å²) in [6.07, 6.45) is 4.04. The number of piperidine rings is 1. The summed E-state index contributed by atoms with van der Waals surface area (Å²) >= 11 is 0. The molecule has 2 heterocycles. The van der Waals surface area contributed by atoms with Crippen molar-refractivity contribution in [2.24, 2.45) is 0 Å². The number of benzene rings is 1. The zero-order chi connectivity index (χ0) is 16.3. The first-order chi connectivity index (χ1) is 11.1. The van der Waals surface area contributed by atoms with Crippen LogP contribution in [0, 0.1) is 0 Å². The molecule has 5 nitrogen and oxygen atoms in total. The molecule has 0 unspecified atom stereocenters. The lowest BCUT2D eigenvalue weighted by Gasteiger charge is -2.40. The normalized spacial score (nSPS) is 21.7. The molecule has 1 aromatic heterocycles. The van der Waals surface area contributed by atoms with E-state index in [1.165, 1.54) is 5.56 Å². The molecule has 0 bridgehead atoms. The Morgan fingerprint density at radius 1 is 1.26 bits per heavy atom. The molecule has 1 atom stereocenters. The molecule has 1 aliphatic heterocycles. The van der Waals surface area contributed by atoms with Crippen molar-refractivity contribution >= 4 is 5.91 Å². The molecule has 0 N–H and O–H groups in total. The van der Waals surface area contributed by atoms with Crippen molar-refractivity contribution in [1.29, 1.82) is 0 Å². The monoisotopic (exact) mass is 312 g/mol. The van der Waals surface area contributed by atoms with E-state index >= 15 is 0 Å². The molecule has 0 saturated carbocycles. The molecule has 0 spiro atoms. The highest BCUT2D eigenvalue weighted by atomic mass is 16.2. The van der Waals surface area contributed by atoms with E-state index < -0.39 is 0 Å². The maximum absolute atomic E-state index is 12.3. The van der Waals surface area contributed by atoms with E-state index in [1.54, 1.807) is 6.33 Å². The van der Waals surface area contributed by atoms with Crippen molar-refractivity contribution in [3.05, 3.63) is 48.0 Å². The number of aryl methyl sites for hydroxylation is 1. The summed E-state index contributed by atoms with van der Waals surface area (Å²) in [5, 5.41) is 8.13. The zero-order valence-electron chi connectivity index (χ0n) is 13.9. The predicted molar refractivity (Wildman–Crippen MR) is 89.0 cm³/mol. The second-order valence-corrected chi connectivity index (χ2v) is 6.53. The minimum Gasteiger partial charge on any atom is -0.341 e. The smallest absolute Gasteiger partial charge is 0.222 e. The van der Waals surface area contributed by atoms with Gasteiger partial charge in [0.25, 0.3) is 0 Å². The van der Waals surface area contributed by atoms with Gasteiger partial charge < -0.3 is 9.47 Å². The molecule has 2 aromatic rings. The van der Waals surface area contributed by atoms with Crippen LogP contribution in [-0.2, 0) is 23.2 Å². The quantitative estimate of drug-likeness (QED) is 0.852. The third-order valence-corrected chi connectivity index (χ3v) is 4.90. The fourth-order valence-corrected chi connectivity index (χ4v) is 3.38. The number of nitrogens with zero attached hydrogens (tertiary/aromatic N) is 4. The summed E-state index contributed by atoms with van der Waals surface area (Å²) in [6.45, 7) is 6.68. The maximum atomic E-state index is 12.3. The molecule has 1 saturated heterocycles. The van der Waals surface area contributed by atoms with Gasteiger partial charge in [-0.1, -0.05) is 37.3 Å². The van der Waals surface area contributed by atoms with Gasteiger partial charge in [-0.25, -0.2) is 0 Å². The van der Waals surface area contributed by atoms with Gasteiger partial charge in [-0.15, -0.1) is 10.2 Å². The summed E-state index contributed by atoms with van der Waals surface area (Å²) in [5.41, 5.74) is 1.35. The highest BCUT2D eigenvalue weighted by molar-refractivity contribution is 5.77. The van der Waals surface area contributed by atoms with Gasteiger partial charge in [0.15, 0.2) is 0 Å². The number of aromatic nitrogens is 3. The molecule has 1 aromatic carbocycles. The van der Waals surface area contributed by atoms with Gasteiger partial charge in [-0.05, 0) is 18.9 Å². The summed E-state index contributed by atoms with van der Waals surface area (Å²) in [6, 6.07) is 10.5. The van der Waals surface area contributed by atoms with Gasteiger partial charge in [0.05, 0.1) is 0 Å². The van der Waals surface area contributed by atoms with Crippen LogP contribution in [0.2, 0.25) is 0 Å². The van der Waals surface area contributed by atoms with Crippen LogP contribution >= 0.6 is 0 Å². The molecule has 3 rings (SSSR count). The van der Waals surface area contributed by atoms with Crippen molar-refractivity contribution in [2.75, 3.05) is 13.1 Å². The van der Waals surface area contributed by atoms with Crippen LogP contribution in [0.1, 0.15) is 38.1 Å². The number of likely N-dealkylation sites (tertiary alicyclic amines) is 1. The van der Waals surface area contributed by atoms with Gasteiger partial charge in [0.2, 0.25) is 5.91 Å². The van der Waals surface area contributed by atoms with Crippen LogP contribution in [0.5, 0.6) is 0 Å². The number of carbonyl (C=O) groups is 1. The molecule has 0 radical (unpaired) electrons. The number of hydrogen-bond acceptors (Lipinski definition) is 3. The van der Waals surface area contributed by atoms with E-state index in [9.17, 15) is 4.79 Å². The Morgan fingerprint density at radius 2 is 2.04 bits per heavy atom. The first kappa shape index (κ1) is 15.7. The Labute approximate surface area is 137 Å². The van der Waals surface area contributed by atoms with Gasteiger partial charge in [-0.2, -0.15) is 0 Å². The van der Waals surface area contributed by atoms with E-state index in [2.05, 4.69) is 48.3 Å². The number of amides is 1. The number of carbonyl (C=O) groups excluding carboxylic acids is 1. The standard InChI is InChI=1S/C18H24N4O/c1-3-21-14-19-20-16(21)10-12-22-13-18(2,11-9-17(22)23)15-7-5-4-6-8-15/h4-8,14H,3,9-13H2,1-2H3/t18-/m1/s1. The van der Waals surface area contributed by atoms with E-state index in [0.717, 1.165) is 31.8 Å². The molecule has 5 heteroatoms. The number of hydrogen-bond donors (Lipinski definition) is 0. The van der Waals surface area contributed by atoms with Crippen LogP contribution in [0.25, 0.3) is 0 Å². The van der Waals surface area contributed by atoms with Crippen molar-refractivity contribution < 1.29 is 4.79 Å². The Hall–Kier alpha value is -2.17. The van der Waals surface area contributed by atoms with Crippen molar-refractivity contribution in [3.63, 3.8) is 0 Å². The fraction of sp³-hybridized carbons (Fsp3) is 0.500. The van der Waals surface area contributed by atoms with Crippen LogP contribution in [0.4, 0.5) is 0 Å². The Morgan fingerprint density at radius 3 is 2.78 bits per heavy atom. The molecule has 1 aliphatic rings. The van der Waals surface area contributed by atoms with Gasteiger partial charge in [0.1, 0.15) is 12.2 Å². The lowest BCUT2D eigenvalue weighted by molar-refractivity contribution is -0.135. The van der Waals surface area contributed by atoms with Crippen LogP contribution in [0.3, 0.4) is 0 Å². The molecule has 23 heavy (non-hydrogen) atoms. The van der Waals surface area contributed by atoms with Crippen LogP contribution in [-0.4, -0.2) is 38.7 Å². The summed E-state index contributed by atoms with van der Waals surface area (Å²) in [4.78, 5) is 14.3. The second kappa shape index (κ2) is 6.52. The minimum absolute atomic E-state index is 0.0353. The maximum Gasteiger partial charge on any atom is 0.222 e. The topological polar surface area (TPSA) is 51.0 Å². The Kier molecular flexibility index (Phi) is 4.46. The largest absolute Gasteiger partial charge is 0.341 e. The SMILES string of the molecule is CCn1cnnc1CCN1C[C@](C)(c2ccccc2)CCC1=O. The van der Waals surface area contributed by atoms with E-state index in [4.69, 9.17) is 0 Å². The number of rotatable bonds is 5. The van der Waals surface area contributed by atoms with Crippen molar-refractivity contribution in [2.45, 2.75) is 45.1 Å². The van der Waals surface area contributed by atoms with E-state index in [-0.39, 0.29) is 11.3 Å². The molecular formula is C18H24N4O. The third-order valence-electron chi connectivity index (χ3n) is 4.90. The first-order valence-electron chi connectivity index (χ1n) is 8.32. The van der Waals surface area contributed by atoms with Gasteiger partial charge in [-0.3, -0.25) is 4.79 Å². The Balaban J connectivity index is 1.70. The van der Waals surface area contributed by atoms with Crippen LogP contribution < -0.4 is 0 Å². The highest BCUT2D eigenvalue weighted by Gasteiger charge is 2.36. The summed E-state index contributed by atoms with van der Waals surface area (Å²) in [7, 11) is 0. The Bertz CT molecular complexity index is 667. The molecule has 1 amide bonds. The molecule has 0 aliphatic carbocycles. The van der Waals surface area contributed by atoms with Crippen LogP contribution in [0.15, 0.2) is 36.7 Å². The summed E-state index contributed by atoms with van der Waals surface area (Å²) < 4.78 is 2.03. The van der Waals surface area contributed by atoms with Crippen molar-refractivity contribution in [1.82, 2.24) is 19.7 Å². The average molecular weight is 312 g/mol. The third kappa shape index (κ3) is 3.28. The second-order valence-electron chi connectivity index (χ2n) is 6.53. The van der Waals surface area contributed by atoms with Crippen molar-refractivity contribution in [3.8, 4) is 0 Å². The zero-order valence-corrected chi connectivity index (χ0v) is 13.9. The van der Waals surface area contributed by atoms with Gasteiger partial charge >= 0.3 is 0 Å². The predicted octanol–water partition coefficient (Wildman–Crippen LogP) is 2.42. The lowest BCUT2D eigenvalue weighted by Crippen LogP contribution is -2.48. The summed E-state index contributed by atoms with van der Waals surface area (Å²) in [5.74, 6) is 1.20. The van der Waals surface area contributed by atoms with E-state index in [0.29, 0.717) is 13.0 Å². The highest BCUT2D eigenvalue weighted by Crippen LogP contribution is 2.34. The van der Waals surface area contributed by atoms with Gasteiger partial charge in [0, 0.05) is 37.9 Å². The fourth-order valence-electron chi connectivity index (χ4n) is 3.38. The molecule has 122 valence electrons. The molecular weight excluding hydrogens is 288 g/mol. The minimum atomic E-state index is 0.0353. The first-order valence-corrected chi connectivity index (χ1v) is 8.32.